The van der Waals surface area contributed by atoms with Gasteiger partial charge in [0.1, 0.15) is 6.54 Å². The fraction of sp³-hybridized carbons (Fsp3) is 0.450. The van der Waals surface area contributed by atoms with Gasteiger partial charge in [-0.2, -0.15) is 5.10 Å². The van der Waals surface area contributed by atoms with Gasteiger partial charge in [0, 0.05) is 22.2 Å². The molecule has 28 heavy (non-hydrogen) atoms. The number of fused-ring (bicyclic) bond motifs is 1. The normalized spacial score (nSPS) is 16.0. The molecule has 0 unspecified atom stereocenters. The van der Waals surface area contributed by atoms with Gasteiger partial charge in [-0.3, -0.25) is 9.59 Å². The summed E-state index contributed by atoms with van der Waals surface area (Å²) in [5, 5.41) is 5.03. The van der Waals surface area contributed by atoms with Crippen LogP contribution in [0.5, 0.6) is 0 Å². The van der Waals surface area contributed by atoms with Crippen LogP contribution >= 0.6 is 0 Å². The Hall–Kier alpha value is -2.71. The van der Waals surface area contributed by atoms with Crippen LogP contribution in [0.4, 0.5) is 0 Å². The van der Waals surface area contributed by atoms with E-state index >= 15 is 0 Å². The highest BCUT2D eigenvalue weighted by atomic mass is 16.7. The number of para-hydroxylation sites is 1. The van der Waals surface area contributed by atoms with Gasteiger partial charge in [-0.15, -0.1) is 0 Å². The smallest absolute Gasteiger partial charge is 0.325 e. The molecule has 0 spiro atoms. The van der Waals surface area contributed by atoms with E-state index in [1.165, 1.54) is 0 Å². The number of carbonyl (C=O) groups excluding carboxylic acids is 2. The number of hydrogen-bond donors (Lipinski definition) is 1. The summed E-state index contributed by atoms with van der Waals surface area (Å²) in [6.45, 7) is 6.83. The third kappa shape index (κ3) is 4.40. The van der Waals surface area contributed by atoms with Crippen LogP contribution in [0.3, 0.4) is 0 Å². The van der Waals surface area contributed by atoms with Gasteiger partial charge >= 0.3 is 5.97 Å². The Labute approximate surface area is 163 Å². The molecule has 0 bridgehead atoms. The van der Waals surface area contributed by atoms with Crippen LogP contribution in [0.1, 0.15) is 31.5 Å². The predicted octanol–water partition coefficient (Wildman–Crippen LogP) is 2.12. The van der Waals surface area contributed by atoms with E-state index in [0.717, 1.165) is 22.2 Å². The number of ether oxygens (including phenoxy) is 3. The minimum Gasteiger partial charge on any atom is -0.465 e. The molecule has 150 valence electrons. The lowest BCUT2D eigenvalue weighted by Crippen LogP contribution is -2.33. The van der Waals surface area contributed by atoms with E-state index in [-0.39, 0.29) is 24.8 Å². The van der Waals surface area contributed by atoms with E-state index in [2.05, 4.69) is 10.5 Å². The lowest BCUT2D eigenvalue weighted by Gasteiger charge is -2.20. The van der Waals surface area contributed by atoms with Crippen molar-refractivity contribution in [1.29, 1.82) is 0 Å². The van der Waals surface area contributed by atoms with Gasteiger partial charge in [0.25, 0.3) is 0 Å². The van der Waals surface area contributed by atoms with Crippen LogP contribution in [-0.2, 0) is 30.3 Å². The third-order valence-electron chi connectivity index (χ3n) is 4.63. The maximum atomic E-state index is 12.1. The summed E-state index contributed by atoms with van der Waals surface area (Å²) in [6.07, 6.45) is 1.66. The minimum absolute atomic E-state index is 0.0634. The first kappa shape index (κ1) is 20.0. The number of nitrogens with zero attached hydrogens (tertiary/aromatic N) is 2. The second kappa shape index (κ2) is 8.53. The van der Waals surface area contributed by atoms with Crippen molar-refractivity contribution >= 4 is 29.0 Å². The van der Waals surface area contributed by atoms with Gasteiger partial charge in [-0.25, -0.2) is 5.43 Å². The van der Waals surface area contributed by atoms with Crippen molar-refractivity contribution in [1.82, 2.24) is 9.99 Å². The number of amides is 1. The summed E-state index contributed by atoms with van der Waals surface area (Å²) in [5.41, 5.74) is 5.11. The SMILES string of the molecule is CCOC(=O)Cn1c(C)c(/C=N/NC(=O)CC2(C)OCCO2)c2ccccc21. The zero-order chi connectivity index (χ0) is 20.1. The maximum absolute atomic E-state index is 12.1. The number of aromatic nitrogens is 1. The molecule has 1 amide bonds. The average molecular weight is 387 g/mol. The molecule has 1 saturated heterocycles. The topological polar surface area (TPSA) is 91.2 Å². The van der Waals surface area contributed by atoms with Gasteiger partial charge in [-0.05, 0) is 26.8 Å². The van der Waals surface area contributed by atoms with Crippen molar-refractivity contribution in [3.63, 3.8) is 0 Å². The molecule has 1 aliphatic rings. The molecule has 2 heterocycles. The first-order chi connectivity index (χ1) is 13.4. The van der Waals surface area contributed by atoms with Crippen molar-refractivity contribution in [2.45, 2.75) is 39.5 Å². The summed E-state index contributed by atoms with van der Waals surface area (Å²) in [4.78, 5) is 24.1. The summed E-state index contributed by atoms with van der Waals surface area (Å²) >= 11 is 0. The van der Waals surface area contributed by atoms with E-state index < -0.39 is 5.79 Å². The third-order valence-corrected chi connectivity index (χ3v) is 4.63. The lowest BCUT2D eigenvalue weighted by atomic mass is 10.1. The fourth-order valence-corrected chi connectivity index (χ4v) is 3.32. The molecule has 1 fully saturated rings. The second-order valence-corrected chi connectivity index (χ2v) is 6.71. The highest BCUT2D eigenvalue weighted by Gasteiger charge is 2.33. The van der Waals surface area contributed by atoms with E-state index in [0.29, 0.717) is 19.8 Å². The Morgan fingerprint density at radius 2 is 2.04 bits per heavy atom. The van der Waals surface area contributed by atoms with Crippen LogP contribution in [0.2, 0.25) is 0 Å². The average Bonchev–Trinajstić information content (AvgIpc) is 3.19. The minimum atomic E-state index is -0.898. The first-order valence-corrected chi connectivity index (χ1v) is 9.27. The molecule has 8 nitrogen and oxygen atoms in total. The molecular formula is C20H25N3O5. The summed E-state index contributed by atoms with van der Waals surface area (Å²) in [5.74, 6) is -1.49. The molecule has 8 heteroatoms. The van der Waals surface area contributed by atoms with Crippen LogP contribution in [0, 0.1) is 6.92 Å². The number of benzene rings is 1. The predicted molar refractivity (Wildman–Crippen MR) is 104 cm³/mol. The van der Waals surface area contributed by atoms with Crippen molar-refractivity contribution in [2.24, 2.45) is 5.10 Å². The van der Waals surface area contributed by atoms with E-state index in [4.69, 9.17) is 14.2 Å². The van der Waals surface area contributed by atoms with Crippen molar-refractivity contribution in [2.75, 3.05) is 19.8 Å². The van der Waals surface area contributed by atoms with Crippen molar-refractivity contribution < 1.29 is 23.8 Å². The van der Waals surface area contributed by atoms with E-state index in [1.807, 2.05) is 35.8 Å². The summed E-state index contributed by atoms with van der Waals surface area (Å²) in [7, 11) is 0. The highest BCUT2D eigenvalue weighted by molar-refractivity contribution is 6.01. The van der Waals surface area contributed by atoms with Crippen molar-refractivity contribution in [3.8, 4) is 0 Å². The van der Waals surface area contributed by atoms with Crippen LogP contribution in [0.25, 0.3) is 10.9 Å². The Morgan fingerprint density at radius 1 is 1.32 bits per heavy atom. The molecular weight excluding hydrogens is 362 g/mol. The quantitative estimate of drug-likeness (QED) is 0.446. The Kier molecular flexibility index (Phi) is 6.11. The number of hydrazone groups is 1. The number of nitrogens with one attached hydrogen (secondary N) is 1. The monoisotopic (exact) mass is 387 g/mol. The van der Waals surface area contributed by atoms with Gasteiger partial charge < -0.3 is 18.8 Å². The summed E-state index contributed by atoms with van der Waals surface area (Å²) in [6, 6.07) is 7.72. The van der Waals surface area contributed by atoms with Gasteiger partial charge in [0.15, 0.2) is 5.79 Å². The van der Waals surface area contributed by atoms with E-state index in [1.54, 1.807) is 20.1 Å². The first-order valence-electron chi connectivity index (χ1n) is 9.27. The maximum Gasteiger partial charge on any atom is 0.325 e. The standard InChI is InChI=1S/C20H25N3O5/c1-4-26-19(25)13-23-14(2)16(15-7-5-6-8-17(15)23)12-21-22-18(24)11-20(3)27-9-10-28-20/h5-8,12H,4,9-11,13H2,1-3H3,(H,22,24)/b21-12+. The molecule has 0 aliphatic carbocycles. The van der Waals surface area contributed by atoms with E-state index in [9.17, 15) is 9.59 Å². The number of carbonyl (C=O) groups is 2. The summed E-state index contributed by atoms with van der Waals surface area (Å²) < 4.78 is 17.8. The lowest BCUT2D eigenvalue weighted by molar-refractivity contribution is -0.159. The molecule has 0 atom stereocenters. The zero-order valence-electron chi connectivity index (χ0n) is 16.4. The highest BCUT2D eigenvalue weighted by Crippen LogP contribution is 2.25. The molecule has 2 aromatic rings. The number of rotatable bonds is 7. The number of hydrogen-bond acceptors (Lipinski definition) is 6. The second-order valence-electron chi connectivity index (χ2n) is 6.71. The molecule has 3 rings (SSSR count). The zero-order valence-corrected chi connectivity index (χ0v) is 16.4. The van der Waals surface area contributed by atoms with Crippen molar-refractivity contribution in [3.05, 3.63) is 35.5 Å². The van der Waals surface area contributed by atoms with Crippen LogP contribution in [0.15, 0.2) is 29.4 Å². The molecule has 0 saturated carbocycles. The van der Waals surface area contributed by atoms with Crippen LogP contribution in [-0.4, -0.2) is 48.3 Å². The number of esters is 1. The fourth-order valence-electron chi connectivity index (χ4n) is 3.32. The van der Waals surface area contributed by atoms with Gasteiger partial charge in [-0.1, -0.05) is 18.2 Å². The van der Waals surface area contributed by atoms with Gasteiger partial charge in [0.2, 0.25) is 5.91 Å². The Bertz CT molecular complexity index is 897. The molecule has 1 N–H and O–H groups in total. The Balaban J connectivity index is 1.77. The molecule has 1 aromatic heterocycles. The largest absolute Gasteiger partial charge is 0.465 e. The van der Waals surface area contributed by atoms with Crippen LogP contribution < -0.4 is 5.43 Å². The Morgan fingerprint density at radius 3 is 2.75 bits per heavy atom. The van der Waals surface area contributed by atoms with Gasteiger partial charge in [0.05, 0.1) is 32.5 Å². The molecule has 0 radical (unpaired) electrons. The molecule has 1 aliphatic heterocycles. The molecule has 1 aromatic carbocycles.